The SMILES string of the molecule is c1ccc(COCC[C@H]2O[C@@H](COCc3ccccc3)C[C@H]2[Se]c2ccccc2)cc1. The van der Waals surface area contributed by atoms with Gasteiger partial charge in [-0.25, -0.2) is 0 Å². The number of rotatable bonds is 11. The molecular weight excluding hydrogens is 451 g/mol. The van der Waals surface area contributed by atoms with Crippen molar-refractivity contribution in [3.63, 3.8) is 0 Å². The van der Waals surface area contributed by atoms with Gasteiger partial charge in [0.1, 0.15) is 0 Å². The Kier molecular flexibility index (Phi) is 8.75. The molecule has 0 amide bonds. The average molecular weight is 481 g/mol. The first-order chi connectivity index (χ1) is 15.4. The van der Waals surface area contributed by atoms with Gasteiger partial charge in [-0.1, -0.05) is 0 Å². The number of hydrogen-bond donors (Lipinski definition) is 0. The Morgan fingerprint density at radius 2 is 1.32 bits per heavy atom. The van der Waals surface area contributed by atoms with Crippen LogP contribution in [0.3, 0.4) is 0 Å². The molecule has 162 valence electrons. The summed E-state index contributed by atoms with van der Waals surface area (Å²) in [6, 6.07) is 31.5. The van der Waals surface area contributed by atoms with Crippen molar-refractivity contribution in [1.82, 2.24) is 0 Å². The van der Waals surface area contributed by atoms with E-state index in [0.717, 1.165) is 19.4 Å². The quantitative estimate of drug-likeness (QED) is 0.291. The maximum atomic E-state index is 6.45. The molecule has 1 heterocycles. The van der Waals surface area contributed by atoms with E-state index in [9.17, 15) is 0 Å². The van der Waals surface area contributed by atoms with Gasteiger partial charge in [-0.15, -0.1) is 0 Å². The molecule has 0 bridgehead atoms. The van der Waals surface area contributed by atoms with Gasteiger partial charge in [-0.05, 0) is 0 Å². The van der Waals surface area contributed by atoms with Crippen LogP contribution >= 0.6 is 0 Å². The molecule has 0 saturated carbocycles. The number of benzene rings is 3. The standard InChI is InChI=1S/C27H30O3Se/c1-4-10-22(11-5-1)19-28-17-16-26-27(31-25-14-8-3-9-15-25)18-24(30-26)21-29-20-23-12-6-2-7-13-23/h1-15,24,26-27H,16-21H2/t24-,26-,27-/m1/s1. The van der Waals surface area contributed by atoms with Crippen LogP contribution in [0.5, 0.6) is 0 Å². The molecule has 3 atom stereocenters. The average Bonchev–Trinajstić information content (AvgIpc) is 3.20. The summed E-state index contributed by atoms with van der Waals surface area (Å²) in [4.78, 5) is 0.556. The Morgan fingerprint density at radius 1 is 0.742 bits per heavy atom. The third kappa shape index (κ3) is 7.31. The molecule has 3 aromatic rings. The van der Waals surface area contributed by atoms with Crippen LogP contribution < -0.4 is 4.46 Å². The summed E-state index contributed by atoms with van der Waals surface area (Å²) in [6.07, 6.45) is 2.40. The molecule has 0 unspecified atom stereocenters. The van der Waals surface area contributed by atoms with Crippen molar-refractivity contribution in [3.05, 3.63) is 102 Å². The van der Waals surface area contributed by atoms with Gasteiger partial charge in [-0.2, -0.15) is 0 Å². The van der Waals surface area contributed by atoms with E-state index in [1.54, 1.807) is 0 Å². The van der Waals surface area contributed by atoms with Crippen molar-refractivity contribution < 1.29 is 14.2 Å². The van der Waals surface area contributed by atoms with E-state index < -0.39 is 0 Å². The van der Waals surface area contributed by atoms with Crippen molar-refractivity contribution in [2.75, 3.05) is 13.2 Å². The second kappa shape index (κ2) is 12.2. The molecule has 3 nitrogen and oxygen atoms in total. The molecule has 0 spiro atoms. The van der Waals surface area contributed by atoms with Gasteiger partial charge in [-0.3, -0.25) is 0 Å². The monoisotopic (exact) mass is 482 g/mol. The van der Waals surface area contributed by atoms with E-state index in [2.05, 4.69) is 78.9 Å². The molecule has 31 heavy (non-hydrogen) atoms. The zero-order chi connectivity index (χ0) is 21.1. The summed E-state index contributed by atoms with van der Waals surface area (Å²) in [6.45, 7) is 2.67. The molecule has 1 fully saturated rings. The molecule has 1 aliphatic rings. The van der Waals surface area contributed by atoms with Crippen LogP contribution in [0.15, 0.2) is 91.0 Å². The molecule has 0 N–H and O–H groups in total. The summed E-state index contributed by atoms with van der Waals surface area (Å²) in [5, 5.41) is 0. The van der Waals surface area contributed by atoms with E-state index in [4.69, 9.17) is 14.2 Å². The third-order valence-electron chi connectivity index (χ3n) is 5.38. The normalized spacial score (nSPS) is 20.7. The van der Waals surface area contributed by atoms with Gasteiger partial charge in [0.25, 0.3) is 0 Å². The Labute approximate surface area is 191 Å². The number of ether oxygens (including phenoxy) is 3. The Morgan fingerprint density at radius 3 is 1.97 bits per heavy atom. The van der Waals surface area contributed by atoms with E-state index in [1.165, 1.54) is 15.6 Å². The molecule has 1 saturated heterocycles. The molecule has 3 aromatic carbocycles. The van der Waals surface area contributed by atoms with Crippen LogP contribution in [0.1, 0.15) is 24.0 Å². The summed E-state index contributed by atoms with van der Waals surface area (Å²) in [7, 11) is 0. The maximum absolute atomic E-state index is 6.45. The van der Waals surface area contributed by atoms with Gasteiger partial charge in [0.05, 0.1) is 0 Å². The first-order valence-corrected chi connectivity index (χ1v) is 12.8. The molecule has 0 aromatic heterocycles. The Hall–Kier alpha value is -1.94. The Bertz CT molecular complexity index is 873. The van der Waals surface area contributed by atoms with Gasteiger partial charge in [0.15, 0.2) is 0 Å². The van der Waals surface area contributed by atoms with Gasteiger partial charge in [0, 0.05) is 0 Å². The summed E-state index contributed by atoms with van der Waals surface area (Å²) in [5.74, 6) is 0. The van der Waals surface area contributed by atoms with E-state index in [1.807, 2.05) is 12.1 Å². The summed E-state index contributed by atoms with van der Waals surface area (Å²) >= 11 is 0.388. The van der Waals surface area contributed by atoms with Crippen LogP contribution in [0, 0.1) is 0 Å². The second-order valence-corrected chi connectivity index (χ2v) is 10.6. The topological polar surface area (TPSA) is 27.7 Å². The summed E-state index contributed by atoms with van der Waals surface area (Å²) < 4.78 is 19.8. The predicted molar refractivity (Wildman–Crippen MR) is 126 cm³/mol. The van der Waals surface area contributed by atoms with Gasteiger partial charge < -0.3 is 0 Å². The van der Waals surface area contributed by atoms with Crippen molar-refractivity contribution in [3.8, 4) is 0 Å². The Balaban J connectivity index is 1.27. The molecule has 0 aliphatic carbocycles. The van der Waals surface area contributed by atoms with Crippen molar-refractivity contribution in [1.29, 1.82) is 0 Å². The zero-order valence-electron chi connectivity index (χ0n) is 17.8. The van der Waals surface area contributed by atoms with Crippen LogP contribution in [-0.4, -0.2) is 40.4 Å². The van der Waals surface area contributed by atoms with E-state index >= 15 is 0 Å². The fourth-order valence-electron chi connectivity index (χ4n) is 3.81. The molecule has 0 radical (unpaired) electrons. The van der Waals surface area contributed by atoms with Gasteiger partial charge >= 0.3 is 192 Å². The van der Waals surface area contributed by atoms with Gasteiger partial charge in [0.2, 0.25) is 0 Å². The first-order valence-electron chi connectivity index (χ1n) is 11.0. The second-order valence-electron chi connectivity index (χ2n) is 7.83. The predicted octanol–water partition coefficient (Wildman–Crippen LogP) is 4.79. The van der Waals surface area contributed by atoms with Crippen LogP contribution in [-0.2, 0) is 27.4 Å². The third-order valence-corrected chi connectivity index (χ3v) is 8.20. The molecule has 4 heteroatoms. The fraction of sp³-hybridized carbons (Fsp3) is 0.333. The van der Waals surface area contributed by atoms with Crippen LogP contribution in [0.2, 0.25) is 4.82 Å². The molecule has 1 aliphatic heterocycles. The van der Waals surface area contributed by atoms with Crippen LogP contribution in [0.25, 0.3) is 0 Å². The zero-order valence-corrected chi connectivity index (χ0v) is 19.5. The van der Waals surface area contributed by atoms with Crippen molar-refractivity contribution in [2.24, 2.45) is 0 Å². The van der Waals surface area contributed by atoms with Crippen LogP contribution in [0.4, 0.5) is 0 Å². The number of hydrogen-bond acceptors (Lipinski definition) is 3. The minimum absolute atomic E-state index is 0.165. The fourth-order valence-corrected chi connectivity index (χ4v) is 6.59. The van der Waals surface area contributed by atoms with Crippen molar-refractivity contribution in [2.45, 2.75) is 43.1 Å². The van der Waals surface area contributed by atoms with E-state index in [0.29, 0.717) is 39.6 Å². The molecule has 4 rings (SSSR count). The van der Waals surface area contributed by atoms with E-state index in [-0.39, 0.29) is 12.2 Å². The molecular formula is C27H30O3Se. The first kappa shape index (κ1) is 22.3. The summed E-state index contributed by atoms with van der Waals surface area (Å²) in [5.41, 5.74) is 2.42. The minimum atomic E-state index is 0.165. The van der Waals surface area contributed by atoms with Crippen molar-refractivity contribution >= 4 is 19.4 Å².